The number of H-pyrrole nitrogens is 1. The van der Waals surface area contributed by atoms with Crippen LogP contribution in [0.2, 0.25) is 0 Å². The van der Waals surface area contributed by atoms with Gasteiger partial charge >= 0.3 is 0 Å². The summed E-state index contributed by atoms with van der Waals surface area (Å²) in [6, 6.07) is 16.0. The molecule has 24 heavy (non-hydrogen) atoms. The summed E-state index contributed by atoms with van der Waals surface area (Å²) >= 11 is 1.40. The van der Waals surface area contributed by atoms with Crippen molar-refractivity contribution in [1.29, 1.82) is 0 Å². The standard InChI is InChI=1S/C19H13NO3S/c21-13-4-1-3-11(9-13)12-6-7-15-14(10-12)18(22)17(19(23)20-15)16-5-2-8-24-16/h1-10,21H,(H2,20,22,23). The van der Waals surface area contributed by atoms with Crippen molar-refractivity contribution in [3.63, 3.8) is 0 Å². The van der Waals surface area contributed by atoms with Gasteiger partial charge in [0.05, 0.1) is 11.1 Å². The molecule has 4 rings (SSSR count). The number of phenols is 1. The molecule has 2 aromatic carbocycles. The number of fused-ring (bicyclic) bond motifs is 1. The fourth-order valence-electron chi connectivity index (χ4n) is 2.79. The topological polar surface area (TPSA) is 73.3 Å². The maximum absolute atomic E-state index is 12.3. The van der Waals surface area contributed by atoms with Gasteiger partial charge in [0, 0.05) is 10.3 Å². The van der Waals surface area contributed by atoms with Gasteiger partial charge in [-0.15, -0.1) is 11.3 Å². The first-order valence-electron chi connectivity index (χ1n) is 7.36. The molecule has 2 aromatic heterocycles. The molecule has 0 fully saturated rings. The summed E-state index contributed by atoms with van der Waals surface area (Å²) in [7, 11) is 0. The van der Waals surface area contributed by atoms with Crippen molar-refractivity contribution in [2.24, 2.45) is 0 Å². The van der Waals surface area contributed by atoms with Crippen LogP contribution in [0.1, 0.15) is 0 Å². The number of phenolic OH excluding ortho intramolecular Hbond substituents is 1. The fraction of sp³-hybridized carbons (Fsp3) is 0. The summed E-state index contributed by atoms with van der Waals surface area (Å²) < 4.78 is 0. The second-order valence-corrected chi connectivity index (χ2v) is 6.41. The van der Waals surface area contributed by atoms with Gasteiger partial charge < -0.3 is 15.2 Å². The number of rotatable bonds is 2. The summed E-state index contributed by atoms with van der Waals surface area (Å²) in [5.41, 5.74) is 2.22. The third-order valence-corrected chi connectivity index (χ3v) is 4.82. The maximum atomic E-state index is 12.3. The lowest BCUT2D eigenvalue weighted by molar-refractivity contribution is 0.475. The molecule has 2 heterocycles. The molecule has 0 atom stereocenters. The summed E-state index contributed by atoms with van der Waals surface area (Å²) in [5, 5.41) is 22.7. The van der Waals surface area contributed by atoms with E-state index in [-0.39, 0.29) is 22.6 Å². The predicted molar refractivity (Wildman–Crippen MR) is 96.6 cm³/mol. The zero-order valence-electron chi connectivity index (χ0n) is 12.5. The van der Waals surface area contributed by atoms with Gasteiger partial charge in [-0.2, -0.15) is 0 Å². The zero-order valence-corrected chi connectivity index (χ0v) is 13.3. The van der Waals surface area contributed by atoms with Gasteiger partial charge in [-0.1, -0.05) is 24.3 Å². The summed E-state index contributed by atoms with van der Waals surface area (Å²) in [6.07, 6.45) is 0. The Morgan fingerprint density at radius 2 is 1.75 bits per heavy atom. The first-order valence-corrected chi connectivity index (χ1v) is 8.24. The molecule has 0 aliphatic rings. The quantitative estimate of drug-likeness (QED) is 0.510. The maximum Gasteiger partial charge on any atom is 0.260 e. The molecule has 0 amide bonds. The van der Waals surface area contributed by atoms with Crippen molar-refractivity contribution >= 4 is 22.2 Å². The highest BCUT2D eigenvalue weighted by Crippen LogP contribution is 2.36. The lowest BCUT2D eigenvalue weighted by Gasteiger charge is -2.09. The number of aromatic hydroxyl groups is 2. The number of aromatic nitrogens is 1. The first kappa shape index (κ1) is 14.5. The summed E-state index contributed by atoms with van der Waals surface area (Å²) in [4.78, 5) is 15.8. The van der Waals surface area contributed by atoms with Gasteiger partial charge in [-0.05, 0) is 46.8 Å². The number of thiophene rings is 1. The van der Waals surface area contributed by atoms with Gasteiger partial charge in [-0.3, -0.25) is 4.79 Å². The Morgan fingerprint density at radius 3 is 2.50 bits per heavy atom. The summed E-state index contributed by atoms with van der Waals surface area (Å²) in [6.45, 7) is 0. The first-order chi connectivity index (χ1) is 11.6. The lowest BCUT2D eigenvalue weighted by atomic mass is 10.0. The van der Waals surface area contributed by atoms with E-state index in [2.05, 4.69) is 4.98 Å². The molecule has 5 heteroatoms. The van der Waals surface area contributed by atoms with Crippen LogP contribution in [0.15, 0.2) is 64.8 Å². The van der Waals surface area contributed by atoms with Crippen LogP contribution < -0.4 is 5.56 Å². The molecule has 0 saturated carbocycles. The molecule has 0 bridgehead atoms. The minimum absolute atomic E-state index is 0.0294. The normalized spacial score (nSPS) is 11.0. The van der Waals surface area contributed by atoms with Crippen LogP contribution in [-0.4, -0.2) is 15.2 Å². The largest absolute Gasteiger partial charge is 0.508 e. The van der Waals surface area contributed by atoms with E-state index in [1.54, 1.807) is 30.3 Å². The molecule has 3 N–H and O–H groups in total. The van der Waals surface area contributed by atoms with Crippen molar-refractivity contribution in [3.05, 3.63) is 70.3 Å². The molecule has 0 spiro atoms. The smallest absolute Gasteiger partial charge is 0.260 e. The van der Waals surface area contributed by atoms with Crippen LogP contribution in [0, 0.1) is 0 Å². The Balaban J connectivity index is 1.98. The van der Waals surface area contributed by atoms with Crippen molar-refractivity contribution in [2.75, 3.05) is 0 Å². The molecule has 118 valence electrons. The average Bonchev–Trinajstić information content (AvgIpc) is 3.09. The van der Waals surface area contributed by atoms with E-state index in [4.69, 9.17) is 0 Å². The van der Waals surface area contributed by atoms with Gasteiger partial charge in [0.25, 0.3) is 5.56 Å². The van der Waals surface area contributed by atoms with E-state index < -0.39 is 0 Å². The van der Waals surface area contributed by atoms with Gasteiger partial charge in [0.15, 0.2) is 0 Å². The van der Waals surface area contributed by atoms with Crippen molar-refractivity contribution < 1.29 is 10.2 Å². The number of hydrogen-bond donors (Lipinski definition) is 3. The summed E-state index contributed by atoms with van der Waals surface area (Å²) in [5.74, 6) is 0.149. The number of nitrogens with one attached hydrogen (secondary N) is 1. The monoisotopic (exact) mass is 335 g/mol. The number of pyridine rings is 1. The Bertz CT molecular complexity index is 1100. The fourth-order valence-corrected chi connectivity index (χ4v) is 3.56. The lowest BCUT2D eigenvalue weighted by Crippen LogP contribution is -2.08. The van der Waals surface area contributed by atoms with E-state index in [1.807, 2.05) is 29.6 Å². The van der Waals surface area contributed by atoms with Crippen LogP contribution in [0.25, 0.3) is 32.5 Å². The van der Waals surface area contributed by atoms with Crippen LogP contribution in [-0.2, 0) is 0 Å². The van der Waals surface area contributed by atoms with E-state index in [0.717, 1.165) is 16.0 Å². The minimum Gasteiger partial charge on any atom is -0.508 e. The SMILES string of the molecule is O=c1[nH]c2ccc(-c3cccc(O)c3)cc2c(O)c1-c1cccs1. The Morgan fingerprint density at radius 1 is 0.917 bits per heavy atom. The van der Waals surface area contributed by atoms with Gasteiger partial charge in [-0.25, -0.2) is 0 Å². The third-order valence-electron chi connectivity index (χ3n) is 3.93. The molecule has 0 aliphatic carbocycles. The number of benzene rings is 2. The second kappa shape index (κ2) is 5.54. The van der Waals surface area contributed by atoms with Crippen molar-refractivity contribution in [2.45, 2.75) is 0 Å². The third kappa shape index (κ3) is 2.35. The Hall–Kier alpha value is -3.05. The number of hydrogen-bond acceptors (Lipinski definition) is 4. The van der Waals surface area contributed by atoms with E-state index in [9.17, 15) is 15.0 Å². The predicted octanol–water partition coefficient (Wildman–Crippen LogP) is 4.33. The molecule has 4 aromatic rings. The van der Waals surface area contributed by atoms with Crippen LogP contribution in [0.5, 0.6) is 11.5 Å². The molecule has 0 radical (unpaired) electrons. The van der Waals surface area contributed by atoms with Gasteiger partial charge in [0.2, 0.25) is 0 Å². The van der Waals surface area contributed by atoms with E-state index in [1.165, 1.54) is 11.3 Å². The minimum atomic E-state index is -0.312. The van der Waals surface area contributed by atoms with E-state index in [0.29, 0.717) is 10.9 Å². The van der Waals surface area contributed by atoms with Crippen molar-refractivity contribution in [3.8, 4) is 33.1 Å². The second-order valence-electron chi connectivity index (χ2n) is 5.47. The highest BCUT2D eigenvalue weighted by atomic mass is 32.1. The zero-order chi connectivity index (χ0) is 16.7. The number of aromatic amines is 1. The Labute approximate surface area is 141 Å². The van der Waals surface area contributed by atoms with E-state index >= 15 is 0 Å². The van der Waals surface area contributed by atoms with Gasteiger partial charge in [0.1, 0.15) is 11.5 Å². The van der Waals surface area contributed by atoms with Crippen LogP contribution in [0.3, 0.4) is 0 Å². The average molecular weight is 335 g/mol. The highest BCUT2D eigenvalue weighted by molar-refractivity contribution is 7.13. The van der Waals surface area contributed by atoms with Crippen LogP contribution >= 0.6 is 11.3 Å². The molecule has 0 aliphatic heterocycles. The molecule has 4 nitrogen and oxygen atoms in total. The molecular formula is C19H13NO3S. The molecule has 0 saturated heterocycles. The van der Waals surface area contributed by atoms with Crippen LogP contribution in [0.4, 0.5) is 0 Å². The van der Waals surface area contributed by atoms with Crippen molar-refractivity contribution in [1.82, 2.24) is 4.98 Å². The highest BCUT2D eigenvalue weighted by Gasteiger charge is 2.15. The Kier molecular flexibility index (Phi) is 3.36. The molecule has 0 unspecified atom stereocenters. The molecular weight excluding hydrogens is 322 g/mol.